The Morgan fingerprint density at radius 2 is 2.14 bits per heavy atom. The number of H-pyrrole nitrogens is 1. The van der Waals surface area contributed by atoms with E-state index >= 15 is 0 Å². The highest BCUT2D eigenvalue weighted by molar-refractivity contribution is 5.76. The van der Waals surface area contributed by atoms with Crippen LogP contribution in [0.3, 0.4) is 0 Å². The number of aromatic amines is 1. The average Bonchev–Trinajstić information content (AvgIpc) is 2.97. The largest absolute Gasteiger partial charge is 0.493 e. The van der Waals surface area contributed by atoms with Crippen molar-refractivity contribution in [3.05, 3.63) is 59.4 Å². The Morgan fingerprint density at radius 1 is 1.24 bits per heavy atom. The molecule has 2 aromatic carbocycles. The minimum Gasteiger partial charge on any atom is -0.493 e. The van der Waals surface area contributed by atoms with Crippen molar-refractivity contribution in [3.8, 4) is 11.8 Å². The third-order valence-corrected chi connectivity index (χ3v) is 3.89. The Labute approximate surface area is 122 Å². The molecule has 1 aliphatic heterocycles. The van der Waals surface area contributed by atoms with E-state index in [1.54, 1.807) is 6.07 Å². The molecule has 0 amide bonds. The molecule has 0 aliphatic carbocycles. The normalized spacial score (nSPS) is 17.0. The van der Waals surface area contributed by atoms with Crippen LogP contribution >= 0.6 is 0 Å². The molecule has 21 heavy (non-hydrogen) atoms. The van der Waals surface area contributed by atoms with E-state index in [0.29, 0.717) is 12.2 Å². The first kappa shape index (κ1) is 12.0. The fourth-order valence-electron chi connectivity index (χ4n) is 2.80. The summed E-state index contributed by atoms with van der Waals surface area (Å²) in [6, 6.07) is 15.8. The number of imidazole rings is 1. The summed E-state index contributed by atoms with van der Waals surface area (Å²) in [5.74, 6) is 2.11. The van der Waals surface area contributed by atoms with Gasteiger partial charge in [0.2, 0.25) is 0 Å². The molecule has 3 aromatic rings. The number of rotatable bonds is 1. The first-order valence-electron chi connectivity index (χ1n) is 6.94. The molecular weight excluding hydrogens is 262 g/mol. The number of hydrogen-bond donors (Lipinski definition) is 1. The van der Waals surface area contributed by atoms with E-state index in [1.165, 1.54) is 5.56 Å². The third kappa shape index (κ3) is 2.03. The van der Waals surface area contributed by atoms with E-state index in [4.69, 9.17) is 10.00 Å². The van der Waals surface area contributed by atoms with Crippen LogP contribution in [0.15, 0.2) is 42.5 Å². The van der Waals surface area contributed by atoms with Gasteiger partial charge in [-0.15, -0.1) is 0 Å². The highest BCUT2D eigenvalue weighted by atomic mass is 16.5. The van der Waals surface area contributed by atoms with Crippen molar-refractivity contribution in [2.75, 3.05) is 6.61 Å². The van der Waals surface area contributed by atoms with Gasteiger partial charge >= 0.3 is 0 Å². The zero-order valence-corrected chi connectivity index (χ0v) is 11.3. The molecule has 4 heteroatoms. The van der Waals surface area contributed by atoms with Crippen molar-refractivity contribution >= 4 is 11.0 Å². The zero-order valence-electron chi connectivity index (χ0n) is 11.3. The maximum Gasteiger partial charge on any atom is 0.122 e. The Morgan fingerprint density at radius 3 is 3.05 bits per heavy atom. The van der Waals surface area contributed by atoms with Gasteiger partial charge in [0, 0.05) is 0 Å². The molecule has 1 unspecified atom stereocenters. The minimum absolute atomic E-state index is 0.220. The van der Waals surface area contributed by atoms with E-state index < -0.39 is 0 Å². The fourth-order valence-corrected chi connectivity index (χ4v) is 2.80. The Hall–Kier alpha value is -2.80. The maximum absolute atomic E-state index is 8.96. The summed E-state index contributed by atoms with van der Waals surface area (Å²) in [5.41, 5.74) is 3.65. The van der Waals surface area contributed by atoms with Crippen molar-refractivity contribution in [2.24, 2.45) is 0 Å². The first-order chi connectivity index (χ1) is 10.3. The van der Waals surface area contributed by atoms with Crippen molar-refractivity contribution in [2.45, 2.75) is 12.3 Å². The lowest BCUT2D eigenvalue weighted by atomic mass is 9.96. The monoisotopic (exact) mass is 275 g/mol. The molecule has 4 rings (SSSR count). The van der Waals surface area contributed by atoms with Crippen LogP contribution in [0.5, 0.6) is 5.75 Å². The van der Waals surface area contributed by atoms with Crippen molar-refractivity contribution < 1.29 is 4.74 Å². The number of para-hydroxylation sites is 1. The number of nitrogens with zero attached hydrogens (tertiary/aromatic N) is 2. The molecule has 2 heterocycles. The number of nitrogens with one attached hydrogen (secondary N) is 1. The standard InChI is InChI=1S/C17H13N3O/c18-9-11-5-6-14-15(7-11)20-17(19-14)13-8-12-3-1-2-4-16(12)21-10-13/h1-7,13H,8,10H2,(H,19,20). The summed E-state index contributed by atoms with van der Waals surface area (Å²) < 4.78 is 5.82. The summed E-state index contributed by atoms with van der Waals surface area (Å²) in [6.07, 6.45) is 0.918. The predicted molar refractivity (Wildman–Crippen MR) is 79.2 cm³/mol. The van der Waals surface area contributed by atoms with Crippen LogP contribution in [-0.4, -0.2) is 16.6 Å². The van der Waals surface area contributed by atoms with Gasteiger partial charge in [0.25, 0.3) is 0 Å². The van der Waals surface area contributed by atoms with Crippen LogP contribution in [0, 0.1) is 11.3 Å². The molecule has 0 saturated carbocycles. The maximum atomic E-state index is 8.96. The highest BCUT2D eigenvalue weighted by Gasteiger charge is 2.23. The second kappa shape index (κ2) is 4.64. The number of ether oxygens (including phenoxy) is 1. The third-order valence-electron chi connectivity index (χ3n) is 3.89. The van der Waals surface area contributed by atoms with Crippen molar-refractivity contribution in [3.63, 3.8) is 0 Å². The molecule has 0 saturated heterocycles. The number of hydrogen-bond acceptors (Lipinski definition) is 3. The Balaban J connectivity index is 1.70. The van der Waals surface area contributed by atoms with E-state index in [0.717, 1.165) is 29.0 Å². The van der Waals surface area contributed by atoms with Crippen molar-refractivity contribution in [1.82, 2.24) is 9.97 Å². The molecule has 4 nitrogen and oxygen atoms in total. The lowest BCUT2D eigenvalue weighted by molar-refractivity contribution is 0.258. The van der Waals surface area contributed by atoms with Crippen LogP contribution in [0.25, 0.3) is 11.0 Å². The second-order valence-corrected chi connectivity index (χ2v) is 5.29. The van der Waals surface area contributed by atoms with Crippen LogP contribution in [0.2, 0.25) is 0 Å². The lowest BCUT2D eigenvalue weighted by Crippen LogP contribution is -2.20. The number of fused-ring (bicyclic) bond motifs is 2. The number of aromatic nitrogens is 2. The number of nitriles is 1. The minimum atomic E-state index is 0.220. The molecule has 0 fully saturated rings. The molecule has 1 N–H and O–H groups in total. The van der Waals surface area contributed by atoms with Crippen LogP contribution in [0.4, 0.5) is 0 Å². The number of benzene rings is 2. The van der Waals surface area contributed by atoms with Crippen molar-refractivity contribution in [1.29, 1.82) is 5.26 Å². The van der Waals surface area contributed by atoms with Gasteiger partial charge in [-0.25, -0.2) is 4.98 Å². The van der Waals surface area contributed by atoms with E-state index in [2.05, 4.69) is 22.1 Å². The van der Waals surface area contributed by atoms with Gasteiger partial charge in [-0.1, -0.05) is 18.2 Å². The molecule has 102 valence electrons. The van der Waals surface area contributed by atoms with E-state index in [1.807, 2.05) is 30.3 Å². The predicted octanol–water partition coefficient (Wildman–Crippen LogP) is 3.15. The van der Waals surface area contributed by atoms with Gasteiger partial charge in [0.1, 0.15) is 11.6 Å². The zero-order chi connectivity index (χ0) is 14.2. The first-order valence-corrected chi connectivity index (χ1v) is 6.94. The summed E-state index contributed by atoms with van der Waals surface area (Å²) in [7, 11) is 0. The lowest BCUT2D eigenvalue weighted by Gasteiger charge is -2.23. The fraction of sp³-hybridized carbons (Fsp3) is 0.176. The molecule has 0 bridgehead atoms. The SMILES string of the molecule is N#Cc1ccc2nc(C3COc4ccccc4C3)[nH]c2c1. The summed E-state index contributed by atoms with van der Waals surface area (Å²) >= 11 is 0. The molecule has 0 spiro atoms. The van der Waals surface area contributed by atoms with Crippen LogP contribution in [-0.2, 0) is 6.42 Å². The topological polar surface area (TPSA) is 61.7 Å². The van der Waals surface area contributed by atoms with Gasteiger partial charge in [-0.2, -0.15) is 5.26 Å². The Kier molecular flexibility index (Phi) is 2.65. The van der Waals surface area contributed by atoms with Gasteiger partial charge in [0.15, 0.2) is 0 Å². The van der Waals surface area contributed by atoms with Crippen LogP contribution in [0.1, 0.15) is 22.9 Å². The van der Waals surface area contributed by atoms with Gasteiger partial charge in [0.05, 0.1) is 35.2 Å². The molecular formula is C17H13N3O. The second-order valence-electron chi connectivity index (χ2n) is 5.29. The summed E-state index contributed by atoms with van der Waals surface area (Å²) in [4.78, 5) is 7.97. The molecule has 1 aliphatic rings. The quantitative estimate of drug-likeness (QED) is 0.742. The van der Waals surface area contributed by atoms with E-state index in [9.17, 15) is 0 Å². The summed E-state index contributed by atoms with van der Waals surface area (Å²) in [5, 5.41) is 8.96. The van der Waals surface area contributed by atoms with Gasteiger partial charge in [-0.3, -0.25) is 0 Å². The van der Waals surface area contributed by atoms with Gasteiger partial charge < -0.3 is 9.72 Å². The highest BCUT2D eigenvalue weighted by Crippen LogP contribution is 2.31. The van der Waals surface area contributed by atoms with Crippen LogP contribution < -0.4 is 4.74 Å². The Bertz CT molecular complexity index is 860. The smallest absolute Gasteiger partial charge is 0.122 e. The summed E-state index contributed by atoms with van der Waals surface area (Å²) in [6.45, 7) is 0.627. The molecule has 0 radical (unpaired) electrons. The average molecular weight is 275 g/mol. The van der Waals surface area contributed by atoms with E-state index in [-0.39, 0.29) is 5.92 Å². The van der Waals surface area contributed by atoms with Gasteiger partial charge in [-0.05, 0) is 36.2 Å². The molecule has 1 aromatic heterocycles. The molecule has 1 atom stereocenters.